The Morgan fingerprint density at radius 3 is 2.35 bits per heavy atom. The predicted octanol–water partition coefficient (Wildman–Crippen LogP) is 3.69. The number of piperazine rings is 1. The van der Waals surface area contributed by atoms with E-state index in [0.29, 0.717) is 24.6 Å². The van der Waals surface area contributed by atoms with Crippen LogP contribution in [0.3, 0.4) is 0 Å². The van der Waals surface area contributed by atoms with Crippen molar-refractivity contribution in [1.82, 2.24) is 20.0 Å². The number of hydrogen-bond acceptors (Lipinski definition) is 5. The SMILES string of the molecule is CN1CCN(C(=O)CCc2nnc(CCCc3ccccc3)o2)[C@@H](c2ccccc2)C1. The minimum atomic E-state index is 0.0867. The van der Waals surface area contributed by atoms with Gasteiger partial charge in [-0.3, -0.25) is 4.79 Å². The molecule has 1 saturated heterocycles. The zero-order chi connectivity index (χ0) is 21.5. The van der Waals surface area contributed by atoms with Crippen molar-refractivity contribution < 1.29 is 9.21 Å². The second-order valence-corrected chi connectivity index (χ2v) is 8.20. The van der Waals surface area contributed by atoms with E-state index in [1.807, 2.05) is 29.2 Å². The third-order valence-electron chi connectivity index (χ3n) is 5.85. The summed E-state index contributed by atoms with van der Waals surface area (Å²) in [6.07, 6.45) is 3.58. The number of hydrogen-bond donors (Lipinski definition) is 0. The first-order valence-electron chi connectivity index (χ1n) is 11.1. The van der Waals surface area contributed by atoms with Crippen molar-refractivity contribution in [2.24, 2.45) is 0 Å². The fourth-order valence-corrected chi connectivity index (χ4v) is 4.11. The van der Waals surface area contributed by atoms with E-state index in [0.717, 1.165) is 38.9 Å². The molecule has 1 fully saturated rings. The Labute approximate surface area is 183 Å². The van der Waals surface area contributed by atoms with Crippen LogP contribution in [0.1, 0.15) is 41.8 Å². The topological polar surface area (TPSA) is 62.5 Å². The molecule has 0 saturated carbocycles. The first kappa shape index (κ1) is 21.2. The van der Waals surface area contributed by atoms with Crippen molar-refractivity contribution in [1.29, 1.82) is 0 Å². The molecule has 0 aliphatic carbocycles. The fraction of sp³-hybridized carbons (Fsp3) is 0.400. The number of aryl methyl sites for hydroxylation is 3. The molecule has 3 aromatic rings. The molecule has 2 heterocycles. The molecule has 6 nitrogen and oxygen atoms in total. The van der Waals surface area contributed by atoms with Gasteiger partial charge in [0.25, 0.3) is 0 Å². The first-order valence-corrected chi connectivity index (χ1v) is 11.1. The van der Waals surface area contributed by atoms with E-state index < -0.39 is 0 Å². The summed E-state index contributed by atoms with van der Waals surface area (Å²) in [6, 6.07) is 20.8. The van der Waals surface area contributed by atoms with E-state index in [9.17, 15) is 4.79 Å². The van der Waals surface area contributed by atoms with Crippen LogP contribution < -0.4 is 0 Å². The summed E-state index contributed by atoms with van der Waals surface area (Å²) in [4.78, 5) is 17.3. The molecule has 31 heavy (non-hydrogen) atoms. The van der Waals surface area contributed by atoms with Crippen molar-refractivity contribution >= 4 is 5.91 Å². The largest absolute Gasteiger partial charge is 0.425 e. The molecule has 2 aromatic carbocycles. The van der Waals surface area contributed by atoms with E-state index in [2.05, 4.69) is 58.5 Å². The highest BCUT2D eigenvalue weighted by Crippen LogP contribution is 2.25. The average Bonchev–Trinajstić information content (AvgIpc) is 3.26. The van der Waals surface area contributed by atoms with Crippen molar-refractivity contribution in [2.75, 3.05) is 26.7 Å². The number of amides is 1. The van der Waals surface area contributed by atoms with Crippen LogP contribution in [0.15, 0.2) is 65.1 Å². The number of carbonyl (C=O) groups is 1. The molecule has 4 rings (SSSR count). The van der Waals surface area contributed by atoms with Gasteiger partial charge < -0.3 is 14.2 Å². The van der Waals surface area contributed by atoms with Gasteiger partial charge in [-0.2, -0.15) is 0 Å². The zero-order valence-corrected chi connectivity index (χ0v) is 18.1. The maximum Gasteiger partial charge on any atom is 0.223 e. The summed E-state index contributed by atoms with van der Waals surface area (Å²) in [5.41, 5.74) is 2.49. The summed E-state index contributed by atoms with van der Waals surface area (Å²) < 4.78 is 5.79. The maximum absolute atomic E-state index is 13.0. The Bertz CT molecular complexity index is 958. The summed E-state index contributed by atoms with van der Waals surface area (Å²) in [6.45, 7) is 2.48. The highest BCUT2D eigenvalue weighted by Gasteiger charge is 2.30. The van der Waals surface area contributed by atoms with Crippen LogP contribution in [0.2, 0.25) is 0 Å². The molecule has 0 unspecified atom stereocenters. The maximum atomic E-state index is 13.0. The number of nitrogens with zero attached hydrogens (tertiary/aromatic N) is 4. The van der Waals surface area contributed by atoms with Gasteiger partial charge in [0.05, 0.1) is 6.04 Å². The molecule has 0 bridgehead atoms. The van der Waals surface area contributed by atoms with E-state index in [4.69, 9.17) is 4.42 Å². The smallest absolute Gasteiger partial charge is 0.223 e. The lowest BCUT2D eigenvalue weighted by atomic mass is 10.0. The second-order valence-electron chi connectivity index (χ2n) is 8.20. The van der Waals surface area contributed by atoms with Gasteiger partial charge >= 0.3 is 0 Å². The highest BCUT2D eigenvalue weighted by atomic mass is 16.4. The van der Waals surface area contributed by atoms with Crippen LogP contribution in [0.4, 0.5) is 0 Å². The van der Waals surface area contributed by atoms with Gasteiger partial charge in [-0.15, -0.1) is 10.2 Å². The Morgan fingerprint density at radius 1 is 0.935 bits per heavy atom. The molecule has 162 valence electrons. The summed E-state index contributed by atoms with van der Waals surface area (Å²) >= 11 is 0. The molecule has 0 N–H and O–H groups in total. The van der Waals surface area contributed by atoms with Crippen molar-refractivity contribution in [3.63, 3.8) is 0 Å². The van der Waals surface area contributed by atoms with Gasteiger partial charge in [-0.1, -0.05) is 60.7 Å². The lowest BCUT2D eigenvalue weighted by molar-refractivity contribution is -0.136. The van der Waals surface area contributed by atoms with Crippen LogP contribution in [0.25, 0.3) is 0 Å². The molecule has 0 radical (unpaired) electrons. The fourth-order valence-electron chi connectivity index (χ4n) is 4.11. The predicted molar refractivity (Wildman–Crippen MR) is 119 cm³/mol. The zero-order valence-electron chi connectivity index (χ0n) is 18.1. The van der Waals surface area contributed by atoms with E-state index >= 15 is 0 Å². The Kier molecular flexibility index (Phi) is 7.10. The van der Waals surface area contributed by atoms with E-state index in [1.54, 1.807) is 0 Å². The summed E-state index contributed by atoms with van der Waals surface area (Å²) in [5.74, 6) is 1.35. The molecule has 1 aliphatic rings. The van der Waals surface area contributed by atoms with E-state index in [1.165, 1.54) is 11.1 Å². The number of rotatable bonds is 8. The monoisotopic (exact) mass is 418 g/mol. The van der Waals surface area contributed by atoms with Crippen LogP contribution in [0, 0.1) is 0 Å². The Morgan fingerprint density at radius 2 is 1.61 bits per heavy atom. The van der Waals surface area contributed by atoms with Gasteiger partial charge in [0.2, 0.25) is 17.7 Å². The standard InChI is InChI=1S/C25H30N4O2/c1-28-17-18-29(22(19-28)21-12-6-3-7-13-21)25(30)16-15-24-27-26-23(31-24)14-8-11-20-9-4-2-5-10-20/h2-7,9-10,12-13,22H,8,11,14-19H2,1H3/t22-/m1/s1. The Balaban J connectivity index is 1.29. The summed E-state index contributed by atoms with van der Waals surface area (Å²) in [7, 11) is 2.11. The van der Waals surface area contributed by atoms with Gasteiger partial charge in [0.1, 0.15) is 0 Å². The Hall–Kier alpha value is -2.99. The average molecular weight is 419 g/mol. The lowest BCUT2D eigenvalue weighted by Gasteiger charge is -2.40. The molecule has 6 heteroatoms. The van der Waals surface area contributed by atoms with Crippen LogP contribution >= 0.6 is 0 Å². The number of carbonyl (C=O) groups excluding carboxylic acids is 1. The van der Waals surface area contributed by atoms with Crippen LogP contribution in [0.5, 0.6) is 0 Å². The molecule has 1 aliphatic heterocycles. The molecular formula is C25H30N4O2. The molecular weight excluding hydrogens is 388 g/mol. The molecule has 1 aromatic heterocycles. The number of likely N-dealkylation sites (N-methyl/N-ethyl adjacent to an activating group) is 1. The minimum absolute atomic E-state index is 0.0867. The minimum Gasteiger partial charge on any atom is -0.425 e. The van der Waals surface area contributed by atoms with Gasteiger partial charge in [0.15, 0.2) is 0 Å². The number of benzene rings is 2. The second kappa shape index (κ2) is 10.4. The van der Waals surface area contributed by atoms with Crippen LogP contribution in [-0.2, 0) is 24.1 Å². The van der Waals surface area contributed by atoms with Crippen LogP contribution in [-0.4, -0.2) is 52.6 Å². The molecule has 0 spiro atoms. The third-order valence-corrected chi connectivity index (χ3v) is 5.85. The normalized spacial score (nSPS) is 17.1. The van der Waals surface area contributed by atoms with Gasteiger partial charge in [0, 0.05) is 38.9 Å². The van der Waals surface area contributed by atoms with Crippen molar-refractivity contribution in [3.8, 4) is 0 Å². The van der Waals surface area contributed by atoms with E-state index in [-0.39, 0.29) is 11.9 Å². The van der Waals surface area contributed by atoms with Crippen molar-refractivity contribution in [2.45, 2.75) is 38.1 Å². The quantitative estimate of drug-likeness (QED) is 0.558. The first-order chi connectivity index (χ1) is 15.2. The summed E-state index contributed by atoms with van der Waals surface area (Å²) in [5, 5.41) is 8.31. The molecule has 1 atom stereocenters. The van der Waals surface area contributed by atoms with Gasteiger partial charge in [-0.25, -0.2) is 0 Å². The lowest BCUT2D eigenvalue weighted by Crippen LogP contribution is -2.49. The van der Waals surface area contributed by atoms with Gasteiger partial charge in [-0.05, 0) is 31.0 Å². The highest BCUT2D eigenvalue weighted by molar-refractivity contribution is 5.77. The third kappa shape index (κ3) is 5.79. The van der Waals surface area contributed by atoms with Crippen molar-refractivity contribution in [3.05, 3.63) is 83.6 Å². The molecule has 1 amide bonds. The number of aromatic nitrogens is 2.